The van der Waals surface area contributed by atoms with Crippen LogP contribution in [0.5, 0.6) is 0 Å². The van der Waals surface area contributed by atoms with Gasteiger partial charge in [-0.1, -0.05) is 15.9 Å². The summed E-state index contributed by atoms with van der Waals surface area (Å²) in [6.07, 6.45) is 0. The topological polar surface area (TPSA) is 64.1 Å². The van der Waals surface area contributed by atoms with Crippen molar-refractivity contribution >= 4 is 23.8 Å². The highest BCUT2D eigenvalue weighted by atomic mass is 79.9. The first-order chi connectivity index (χ1) is 5.09. The van der Waals surface area contributed by atoms with Crippen molar-refractivity contribution in [1.29, 1.82) is 0 Å². The summed E-state index contributed by atoms with van der Waals surface area (Å²) >= 11 is 3.28. The van der Waals surface area contributed by atoms with Crippen LogP contribution in [-0.2, 0) is 0 Å². The van der Waals surface area contributed by atoms with E-state index >= 15 is 0 Å². The van der Waals surface area contributed by atoms with Crippen molar-refractivity contribution in [3.8, 4) is 0 Å². The molecule has 5 heteroatoms. The molecule has 0 aliphatic rings. The molecule has 1 atom stereocenters. The summed E-state index contributed by atoms with van der Waals surface area (Å²) < 4.78 is 0. The number of hydrogen-bond donors (Lipinski definition) is 3. The zero-order valence-electron chi connectivity index (χ0n) is 7.02. The van der Waals surface area contributed by atoms with Gasteiger partial charge < -0.3 is 16.8 Å². The molecule has 0 saturated heterocycles. The van der Waals surface area contributed by atoms with E-state index in [1.165, 1.54) is 0 Å². The molecule has 0 aliphatic heterocycles. The summed E-state index contributed by atoms with van der Waals surface area (Å²) in [5.41, 5.74) is 13.1. The second-order valence-corrected chi connectivity index (χ2v) is 3.41. The van der Waals surface area contributed by atoms with Crippen molar-refractivity contribution in [1.82, 2.24) is 5.32 Å². The fourth-order valence-electron chi connectivity index (χ4n) is 0.606. The lowest BCUT2D eigenvalue weighted by Crippen LogP contribution is -2.26. The van der Waals surface area contributed by atoms with Gasteiger partial charge in [-0.05, 0) is 18.1 Å². The summed E-state index contributed by atoms with van der Waals surface area (Å²) in [4.78, 5) is -0.0622. The molecule has 0 bridgehead atoms. The highest BCUT2D eigenvalue weighted by molar-refractivity contribution is 9.09. The Labute approximate surface area is 77.1 Å². The van der Waals surface area contributed by atoms with Crippen LogP contribution in [-0.4, -0.2) is 25.9 Å². The van der Waals surface area contributed by atoms with Gasteiger partial charge in [0.1, 0.15) is 0 Å². The van der Waals surface area contributed by atoms with E-state index in [4.69, 9.17) is 11.5 Å². The van der Waals surface area contributed by atoms with E-state index in [0.717, 1.165) is 17.7 Å². The van der Waals surface area contributed by atoms with Crippen LogP contribution in [0.15, 0.2) is 11.2 Å². The Morgan fingerprint density at radius 3 is 2.64 bits per heavy atom. The zero-order chi connectivity index (χ0) is 8.85. The van der Waals surface area contributed by atoms with E-state index in [2.05, 4.69) is 21.2 Å². The van der Waals surface area contributed by atoms with Crippen molar-refractivity contribution in [2.45, 2.75) is 11.9 Å². The van der Waals surface area contributed by atoms with Gasteiger partial charge in [0.05, 0.1) is 4.95 Å². The highest BCUT2D eigenvalue weighted by Gasteiger charge is 2.01. The molecule has 0 radical (unpaired) electrons. The Bertz CT molecular complexity index is 147. The van der Waals surface area contributed by atoms with Crippen molar-refractivity contribution in [3.63, 3.8) is 0 Å². The van der Waals surface area contributed by atoms with Crippen LogP contribution < -0.4 is 16.8 Å². The smallest absolute Gasteiger partial charge is 0.160 e. The van der Waals surface area contributed by atoms with Gasteiger partial charge in [-0.25, -0.2) is 0 Å². The van der Waals surface area contributed by atoms with Gasteiger partial charge in [-0.3, -0.25) is 0 Å². The van der Waals surface area contributed by atoms with Gasteiger partial charge in [-0.2, -0.15) is 0 Å². The molecule has 0 amide bonds. The quantitative estimate of drug-likeness (QED) is 0.326. The Hall–Kier alpha value is 0.00494. The van der Waals surface area contributed by atoms with Gasteiger partial charge in [-0.15, -0.1) is 0 Å². The predicted octanol–water partition coefficient (Wildman–Crippen LogP) is -0.921. The monoisotopic (exact) mass is 219 g/mol. The van der Waals surface area contributed by atoms with Gasteiger partial charge in [0.15, 0.2) is 7.85 Å². The van der Waals surface area contributed by atoms with Crippen LogP contribution in [0, 0.1) is 0 Å². The maximum Gasteiger partial charge on any atom is 0.160 e. The molecule has 0 heterocycles. The number of rotatable bonds is 4. The average Bonchev–Trinajstić information content (AvgIpc) is 1.98. The number of alkyl halides is 1. The lowest BCUT2D eigenvalue weighted by atomic mass is 9.99. The molecule has 0 aliphatic carbocycles. The Balaban J connectivity index is 3.94. The SMILES string of the molecule is B/C(NCCN)=C(\C)C(N)Br. The third-order valence-electron chi connectivity index (χ3n) is 1.54. The number of halogens is 1. The molecular weight excluding hydrogens is 205 g/mol. The summed E-state index contributed by atoms with van der Waals surface area (Å²) in [6.45, 7) is 3.42. The maximum atomic E-state index is 5.60. The van der Waals surface area contributed by atoms with Crippen LogP contribution in [0.1, 0.15) is 6.92 Å². The fraction of sp³-hybridized carbons (Fsp3) is 0.667. The predicted molar refractivity (Wildman–Crippen MR) is 55.2 cm³/mol. The average molecular weight is 220 g/mol. The summed E-state index contributed by atoms with van der Waals surface area (Å²) in [5, 5.41) is 3.16. The molecule has 11 heavy (non-hydrogen) atoms. The molecule has 0 saturated carbocycles. The molecule has 1 unspecified atom stereocenters. The van der Waals surface area contributed by atoms with Crippen LogP contribution in [0.3, 0.4) is 0 Å². The maximum absolute atomic E-state index is 5.60. The van der Waals surface area contributed by atoms with Crippen LogP contribution in [0.4, 0.5) is 0 Å². The first-order valence-corrected chi connectivity index (χ1v) is 4.52. The normalized spacial score (nSPS) is 15.6. The lowest BCUT2D eigenvalue weighted by molar-refractivity contribution is 0.815. The standard InChI is InChI=1S/C6H15BBrN3/c1-4(6(8)10)5(7)11-3-2-9/h6,11H,2-3,7,9-10H2,1H3/b5-4-. The second kappa shape index (κ2) is 5.63. The molecule has 0 rings (SSSR count). The fourth-order valence-corrected chi connectivity index (χ4v) is 0.949. The second-order valence-electron chi connectivity index (χ2n) is 2.43. The molecule has 0 aromatic rings. The Morgan fingerprint density at radius 1 is 1.73 bits per heavy atom. The number of nitrogens with one attached hydrogen (secondary N) is 1. The third kappa shape index (κ3) is 4.45. The highest BCUT2D eigenvalue weighted by Crippen LogP contribution is 2.06. The van der Waals surface area contributed by atoms with E-state index in [9.17, 15) is 0 Å². The van der Waals surface area contributed by atoms with Crippen LogP contribution >= 0.6 is 15.9 Å². The molecule has 0 fully saturated rings. The van der Waals surface area contributed by atoms with Gasteiger partial charge in [0.25, 0.3) is 0 Å². The third-order valence-corrected chi connectivity index (χ3v) is 2.23. The Morgan fingerprint density at radius 2 is 2.27 bits per heavy atom. The summed E-state index contributed by atoms with van der Waals surface area (Å²) in [7, 11) is 1.99. The van der Waals surface area contributed by atoms with Crippen molar-refractivity contribution in [2.24, 2.45) is 11.5 Å². The molecule has 0 aromatic heterocycles. The van der Waals surface area contributed by atoms with E-state index in [0.29, 0.717) is 6.54 Å². The van der Waals surface area contributed by atoms with E-state index in [1.807, 2.05) is 14.8 Å². The molecule has 0 aromatic carbocycles. The van der Waals surface area contributed by atoms with E-state index < -0.39 is 0 Å². The summed E-state index contributed by atoms with van der Waals surface area (Å²) in [6, 6.07) is 0. The minimum absolute atomic E-state index is 0.0622. The van der Waals surface area contributed by atoms with Crippen LogP contribution in [0.2, 0.25) is 0 Å². The van der Waals surface area contributed by atoms with Gasteiger partial charge in [0, 0.05) is 13.1 Å². The molecular formula is C6H15BBrN3. The number of hydrogen-bond acceptors (Lipinski definition) is 3. The minimum atomic E-state index is -0.0622. The molecule has 5 N–H and O–H groups in total. The van der Waals surface area contributed by atoms with E-state index in [1.54, 1.807) is 0 Å². The first kappa shape index (κ1) is 11.0. The molecule has 0 spiro atoms. The van der Waals surface area contributed by atoms with Crippen LogP contribution in [0.25, 0.3) is 0 Å². The van der Waals surface area contributed by atoms with Crippen molar-refractivity contribution in [3.05, 3.63) is 11.2 Å². The summed E-state index contributed by atoms with van der Waals surface area (Å²) in [5.74, 6) is 0. The zero-order valence-corrected chi connectivity index (χ0v) is 8.61. The van der Waals surface area contributed by atoms with Gasteiger partial charge in [0.2, 0.25) is 0 Å². The number of nitrogens with two attached hydrogens (primary N) is 2. The largest absolute Gasteiger partial charge is 0.395 e. The van der Waals surface area contributed by atoms with Crippen molar-refractivity contribution in [2.75, 3.05) is 13.1 Å². The van der Waals surface area contributed by atoms with E-state index in [-0.39, 0.29) is 4.95 Å². The minimum Gasteiger partial charge on any atom is -0.395 e. The molecule has 3 nitrogen and oxygen atoms in total. The molecule has 64 valence electrons. The lowest BCUT2D eigenvalue weighted by Gasteiger charge is -2.11. The van der Waals surface area contributed by atoms with Gasteiger partial charge >= 0.3 is 0 Å². The Kier molecular flexibility index (Phi) is 5.63. The first-order valence-electron chi connectivity index (χ1n) is 3.60. The van der Waals surface area contributed by atoms with Crippen molar-refractivity contribution < 1.29 is 0 Å².